The summed E-state index contributed by atoms with van der Waals surface area (Å²) in [4.78, 5) is 13.7. The number of hydrogen-bond donors (Lipinski definition) is 1. The molecule has 4 nitrogen and oxygen atoms in total. The van der Waals surface area contributed by atoms with Gasteiger partial charge in [0.25, 0.3) is 0 Å². The van der Waals surface area contributed by atoms with E-state index in [1.54, 1.807) is 12.1 Å². The molecule has 0 saturated carbocycles. The molecule has 98 valence electrons. The molecule has 0 aliphatic carbocycles. The third kappa shape index (κ3) is 1.93. The lowest BCUT2D eigenvalue weighted by atomic mass is 9.91. The summed E-state index contributed by atoms with van der Waals surface area (Å²) in [6.45, 7) is 1.32. The number of fused-ring (bicyclic) bond motifs is 1. The third-order valence-corrected chi connectivity index (χ3v) is 3.99. The monoisotopic (exact) mass is 259 g/mol. The SMILES string of the molecule is N#Cc1ccc(N2CCC[C@H]3C(=O)NC[C@H]32)c(F)c1. The highest BCUT2D eigenvalue weighted by Crippen LogP contribution is 2.33. The first-order valence-corrected chi connectivity index (χ1v) is 6.44. The van der Waals surface area contributed by atoms with Crippen molar-refractivity contribution in [1.29, 1.82) is 5.26 Å². The van der Waals surface area contributed by atoms with Crippen LogP contribution in [-0.4, -0.2) is 25.0 Å². The second-order valence-corrected chi connectivity index (χ2v) is 5.03. The maximum Gasteiger partial charge on any atom is 0.225 e. The van der Waals surface area contributed by atoms with E-state index in [2.05, 4.69) is 5.32 Å². The average Bonchev–Trinajstić information content (AvgIpc) is 2.81. The molecule has 0 radical (unpaired) electrons. The average molecular weight is 259 g/mol. The summed E-state index contributed by atoms with van der Waals surface area (Å²) in [5.41, 5.74) is 0.806. The van der Waals surface area contributed by atoms with Crippen LogP contribution in [0.4, 0.5) is 10.1 Å². The van der Waals surface area contributed by atoms with Gasteiger partial charge in [-0.2, -0.15) is 5.26 Å². The molecule has 5 heteroatoms. The van der Waals surface area contributed by atoms with E-state index in [1.165, 1.54) is 6.07 Å². The minimum Gasteiger partial charge on any atom is -0.364 e. The van der Waals surface area contributed by atoms with Gasteiger partial charge in [-0.1, -0.05) is 0 Å². The highest BCUT2D eigenvalue weighted by molar-refractivity contribution is 5.83. The lowest BCUT2D eigenvalue weighted by molar-refractivity contribution is -0.123. The molecule has 0 bridgehead atoms. The number of nitriles is 1. The molecule has 2 heterocycles. The van der Waals surface area contributed by atoms with Crippen molar-refractivity contribution in [3.8, 4) is 6.07 Å². The predicted octanol–water partition coefficient (Wildman–Crippen LogP) is 1.41. The number of nitrogens with one attached hydrogen (secondary N) is 1. The van der Waals surface area contributed by atoms with Crippen LogP contribution in [0.15, 0.2) is 18.2 Å². The van der Waals surface area contributed by atoms with Crippen molar-refractivity contribution < 1.29 is 9.18 Å². The molecule has 1 amide bonds. The molecule has 0 aromatic heterocycles. The lowest BCUT2D eigenvalue weighted by Crippen LogP contribution is -2.46. The number of nitrogens with zero attached hydrogens (tertiary/aromatic N) is 2. The molecule has 0 unspecified atom stereocenters. The van der Waals surface area contributed by atoms with E-state index in [0.29, 0.717) is 17.8 Å². The van der Waals surface area contributed by atoms with Gasteiger partial charge in [0.1, 0.15) is 5.82 Å². The van der Waals surface area contributed by atoms with Crippen LogP contribution in [0.1, 0.15) is 18.4 Å². The van der Waals surface area contributed by atoms with Gasteiger partial charge in [0.2, 0.25) is 5.91 Å². The van der Waals surface area contributed by atoms with Crippen molar-refractivity contribution in [2.24, 2.45) is 5.92 Å². The number of hydrogen-bond acceptors (Lipinski definition) is 3. The standard InChI is InChI=1S/C14H14FN3O/c15-11-6-9(7-16)3-4-12(11)18-5-1-2-10-13(18)8-17-14(10)19/h3-4,6,10,13H,1-2,5,8H2,(H,17,19)/t10-,13-/m1/s1. The lowest BCUT2D eigenvalue weighted by Gasteiger charge is -2.37. The van der Waals surface area contributed by atoms with Crippen LogP contribution < -0.4 is 10.2 Å². The summed E-state index contributed by atoms with van der Waals surface area (Å²) < 4.78 is 14.1. The van der Waals surface area contributed by atoms with Gasteiger partial charge in [-0.25, -0.2) is 4.39 Å². The van der Waals surface area contributed by atoms with E-state index in [1.807, 2.05) is 11.0 Å². The molecule has 1 aromatic rings. The summed E-state index contributed by atoms with van der Waals surface area (Å²) in [5, 5.41) is 11.6. The van der Waals surface area contributed by atoms with E-state index in [-0.39, 0.29) is 23.7 Å². The van der Waals surface area contributed by atoms with Gasteiger partial charge >= 0.3 is 0 Å². The molecule has 2 aliphatic rings. The minimum absolute atomic E-state index is 0.0312. The van der Waals surface area contributed by atoms with E-state index in [4.69, 9.17) is 5.26 Å². The Hall–Kier alpha value is -2.09. The Morgan fingerprint density at radius 3 is 3.05 bits per heavy atom. The Balaban J connectivity index is 1.93. The van der Waals surface area contributed by atoms with E-state index in [0.717, 1.165) is 19.4 Å². The highest BCUT2D eigenvalue weighted by Gasteiger charge is 2.41. The molecule has 1 N–H and O–H groups in total. The Kier molecular flexibility index (Phi) is 2.86. The number of amides is 1. The third-order valence-electron chi connectivity index (χ3n) is 3.99. The van der Waals surface area contributed by atoms with Crippen LogP contribution in [0.5, 0.6) is 0 Å². The molecular formula is C14H14FN3O. The molecule has 1 aromatic carbocycles. The Morgan fingerprint density at radius 2 is 2.32 bits per heavy atom. The van der Waals surface area contributed by atoms with Crippen LogP contribution in [0.2, 0.25) is 0 Å². The Morgan fingerprint density at radius 1 is 1.47 bits per heavy atom. The fourth-order valence-corrected chi connectivity index (χ4v) is 3.06. The summed E-state index contributed by atoms with van der Waals surface area (Å²) in [6, 6.07) is 6.47. The molecule has 2 aliphatic heterocycles. The number of piperidine rings is 1. The van der Waals surface area contributed by atoms with Gasteiger partial charge in [0, 0.05) is 13.1 Å². The van der Waals surface area contributed by atoms with Crippen molar-refractivity contribution in [2.45, 2.75) is 18.9 Å². The summed E-state index contributed by atoms with van der Waals surface area (Å²) in [7, 11) is 0. The second-order valence-electron chi connectivity index (χ2n) is 5.03. The van der Waals surface area contributed by atoms with E-state index >= 15 is 0 Å². The fraction of sp³-hybridized carbons (Fsp3) is 0.429. The molecule has 3 rings (SSSR count). The van der Waals surface area contributed by atoms with Crippen LogP contribution in [0.3, 0.4) is 0 Å². The number of carbonyl (C=O) groups excluding carboxylic acids is 1. The minimum atomic E-state index is -0.390. The Labute approximate surface area is 110 Å². The Bertz CT molecular complexity index is 566. The maximum atomic E-state index is 14.1. The summed E-state index contributed by atoms with van der Waals surface area (Å²) in [5.74, 6) is -0.355. The van der Waals surface area contributed by atoms with Crippen LogP contribution in [0, 0.1) is 23.1 Å². The number of rotatable bonds is 1. The first-order chi connectivity index (χ1) is 9.20. The zero-order valence-electron chi connectivity index (χ0n) is 10.4. The molecule has 2 saturated heterocycles. The molecule has 0 spiro atoms. The van der Waals surface area contributed by atoms with Crippen LogP contribution in [-0.2, 0) is 4.79 Å². The maximum absolute atomic E-state index is 14.1. The number of benzene rings is 1. The van der Waals surface area contributed by atoms with E-state index in [9.17, 15) is 9.18 Å². The number of halogens is 1. The summed E-state index contributed by atoms with van der Waals surface area (Å²) >= 11 is 0. The molecular weight excluding hydrogens is 245 g/mol. The number of carbonyl (C=O) groups is 1. The van der Waals surface area contributed by atoms with Gasteiger partial charge in [-0.15, -0.1) is 0 Å². The van der Waals surface area contributed by atoms with Gasteiger partial charge in [0.15, 0.2) is 0 Å². The predicted molar refractivity (Wildman–Crippen MR) is 68.0 cm³/mol. The van der Waals surface area contributed by atoms with Crippen molar-refractivity contribution >= 4 is 11.6 Å². The quantitative estimate of drug-likeness (QED) is 0.829. The fourth-order valence-electron chi connectivity index (χ4n) is 3.06. The second kappa shape index (κ2) is 4.54. The van der Waals surface area contributed by atoms with Crippen molar-refractivity contribution in [3.05, 3.63) is 29.6 Å². The van der Waals surface area contributed by atoms with E-state index < -0.39 is 0 Å². The topological polar surface area (TPSA) is 56.1 Å². The van der Waals surface area contributed by atoms with Gasteiger partial charge in [-0.3, -0.25) is 4.79 Å². The molecule has 2 atom stereocenters. The smallest absolute Gasteiger partial charge is 0.225 e. The zero-order chi connectivity index (χ0) is 13.4. The van der Waals surface area contributed by atoms with Crippen LogP contribution >= 0.6 is 0 Å². The normalized spacial score (nSPS) is 25.7. The largest absolute Gasteiger partial charge is 0.364 e. The molecule has 2 fully saturated rings. The van der Waals surface area contributed by atoms with Gasteiger partial charge in [-0.05, 0) is 31.0 Å². The first-order valence-electron chi connectivity index (χ1n) is 6.44. The highest BCUT2D eigenvalue weighted by atomic mass is 19.1. The van der Waals surface area contributed by atoms with Crippen molar-refractivity contribution in [3.63, 3.8) is 0 Å². The van der Waals surface area contributed by atoms with Gasteiger partial charge in [0.05, 0.1) is 29.3 Å². The first kappa shape index (κ1) is 12.0. The molecule has 19 heavy (non-hydrogen) atoms. The van der Waals surface area contributed by atoms with Crippen LogP contribution in [0.25, 0.3) is 0 Å². The van der Waals surface area contributed by atoms with Crippen molar-refractivity contribution in [2.75, 3.05) is 18.0 Å². The summed E-state index contributed by atoms with van der Waals surface area (Å²) in [6.07, 6.45) is 1.75. The van der Waals surface area contributed by atoms with Gasteiger partial charge < -0.3 is 10.2 Å². The van der Waals surface area contributed by atoms with Crippen molar-refractivity contribution in [1.82, 2.24) is 5.32 Å². The number of anilines is 1. The zero-order valence-corrected chi connectivity index (χ0v) is 10.4.